The lowest BCUT2D eigenvalue weighted by molar-refractivity contribution is -0.136. The summed E-state index contributed by atoms with van der Waals surface area (Å²) in [7, 11) is 0. The van der Waals surface area contributed by atoms with Gasteiger partial charge < -0.3 is 25.2 Å². The van der Waals surface area contributed by atoms with E-state index < -0.39 is 31.2 Å². The average Bonchev–Trinajstić information content (AvgIpc) is 2.28. The molecule has 0 saturated carbocycles. The van der Waals surface area contributed by atoms with Crippen LogP contribution in [0.15, 0.2) is 0 Å². The molecule has 0 aromatic rings. The third-order valence-corrected chi connectivity index (χ3v) is 1.70. The van der Waals surface area contributed by atoms with Crippen molar-refractivity contribution >= 4 is 0 Å². The van der Waals surface area contributed by atoms with Crippen molar-refractivity contribution < 1.29 is 25.2 Å². The summed E-state index contributed by atoms with van der Waals surface area (Å²) in [5.74, 6) is 0. The summed E-state index contributed by atoms with van der Waals surface area (Å²) in [5, 5.41) is 35.4. The summed E-state index contributed by atoms with van der Waals surface area (Å²) in [5.41, 5.74) is 0. The highest BCUT2D eigenvalue weighted by Gasteiger charge is 2.37. The molecule has 0 aromatic carbocycles. The molecule has 0 aromatic heterocycles. The normalized spacial score (nSPS) is 40.9. The highest BCUT2D eigenvalue weighted by molar-refractivity contribution is 4.82. The molecule has 5 heteroatoms. The van der Waals surface area contributed by atoms with Gasteiger partial charge in [0, 0.05) is 6.42 Å². The second-order valence-electron chi connectivity index (χ2n) is 2.61. The molecule has 1 rings (SSSR count). The Hall–Kier alpha value is -0.200. The van der Waals surface area contributed by atoms with Crippen LogP contribution >= 0.6 is 0 Å². The minimum atomic E-state index is -1.12. The quantitative estimate of drug-likeness (QED) is 0.372. The van der Waals surface area contributed by atoms with E-state index in [2.05, 4.69) is 0 Å². The summed E-state index contributed by atoms with van der Waals surface area (Å²) < 4.78 is 4.72. The van der Waals surface area contributed by atoms with E-state index in [-0.39, 0.29) is 6.42 Å². The zero-order valence-electron chi connectivity index (χ0n) is 5.92. The molecule has 66 valence electrons. The standard InChI is InChI=1S/C6H12O5/c7-2-4(9)6-3(8)1-5(10)11-6/h3-10H,1-2H2/t3-,4-,5+,6+/m0/s1. The molecule has 0 unspecified atom stereocenters. The molecule has 0 amide bonds. The topological polar surface area (TPSA) is 90.2 Å². The van der Waals surface area contributed by atoms with Gasteiger partial charge in [0.25, 0.3) is 0 Å². The lowest BCUT2D eigenvalue weighted by atomic mass is 10.1. The van der Waals surface area contributed by atoms with E-state index in [1.54, 1.807) is 0 Å². The minimum absolute atomic E-state index is 0.0850. The van der Waals surface area contributed by atoms with Crippen molar-refractivity contribution in [3.63, 3.8) is 0 Å². The fourth-order valence-electron chi connectivity index (χ4n) is 1.12. The zero-order chi connectivity index (χ0) is 8.43. The molecule has 0 aliphatic carbocycles. The third kappa shape index (κ3) is 1.88. The molecule has 1 aliphatic heterocycles. The smallest absolute Gasteiger partial charge is 0.157 e. The first kappa shape index (κ1) is 8.89. The average molecular weight is 164 g/mol. The summed E-state index contributed by atoms with van der Waals surface area (Å²) in [6.07, 6.45) is -3.83. The highest BCUT2D eigenvalue weighted by atomic mass is 16.6. The largest absolute Gasteiger partial charge is 0.394 e. The SMILES string of the molecule is OC[C@H](O)[C@@H]1O[C@@H](O)C[C@@H]1O. The summed E-state index contributed by atoms with van der Waals surface area (Å²) in [6, 6.07) is 0. The van der Waals surface area contributed by atoms with Crippen molar-refractivity contribution in [2.45, 2.75) is 31.0 Å². The molecule has 4 N–H and O–H groups in total. The molecular weight excluding hydrogens is 152 g/mol. The van der Waals surface area contributed by atoms with Gasteiger partial charge in [-0.15, -0.1) is 0 Å². The second kappa shape index (κ2) is 3.46. The van der Waals surface area contributed by atoms with Crippen LogP contribution in [-0.2, 0) is 4.74 Å². The minimum Gasteiger partial charge on any atom is -0.394 e. The van der Waals surface area contributed by atoms with Gasteiger partial charge in [0.1, 0.15) is 12.2 Å². The molecule has 4 atom stereocenters. The van der Waals surface area contributed by atoms with Crippen LogP contribution in [0.4, 0.5) is 0 Å². The third-order valence-electron chi connectivity index (χ3n) is 1.70. The van der Waals surface area contributed by atoms with Gasteiger partial charge in [-0.1, -0.05) is 0 Å². The van der Waals surface area contributed by atoms with Crippen molar-refractivity contribution in [1.29, 1.82) is 0 Å². The number of rotatable bonds is 2. The first-order valence-corrected chi connectivity index (χ1v) is 3.45. The Morgan fingerprint density at radius 2 is 2.09 bits per heavy atom. The van der Waals surface area contributed by atoms with E-state index in [9.17, 15) is 0 Å². The Bertz CT molecular complexity index is 124. The van der Waals surface area contributed by atoms with Crippen LogP contribution in [0.3, 0.4) is 0 Å². The van der Waals surface area contributed by atoms with Crippen LogP contribution in [0.1, 0.15) is 6.42 Å². The molecule has 1 heterocycles. The monoisotopic (exact) mass is 164 g/mol. The van der Waals surface area contributed by atoms with Crippen LogP contribution in [0.25, 0.3) is 0 Å². The maximum absolute atomic E-state index is 9.10. The summed E-state index contributed by atoms with van der Waals surface area (Å²) >= 11 is 0. The van der Waals surface area contributed by atoms with Gasteiger partial charge in [-0.25, -0.2) is 0 Å². The van der Waals surface area contributed by atoms with Crippen molar-refractivity contribution in [2.75, 3.05) is 6.61 Å². The fraction of sp³-hybridized carbons (Fsp3) is 1.00. The van der Waals surface area contributed by atoms with Crippen LogP contribution in [-0.4, -0.2) is 51.6 Å². The van der Waals surface area contributed by atoms with Crippen molar-refractivity contribution in [3.8, 4) is 0 Å². The molecule has 11 heavy (non-hydrogen) atoms. The predicted octanol–water partition coefficient (Wildman–Crippen LogP) is -2.19. The van der Waals surface area contributed by atoms with Gasteiger partial charge >= 0.3 is 0 Å². The van der Waals surface area contributed by atoms with Gasteiger partial charge in [0.15, 0.2) is 6.29 Å². The Morgan fingerprint density at radius 1 is 1.45 bits per heavy atom. The highest BCUT2D eigenvalue weighted by Crippen LogP contribution is 2.20. The lowest BCUT2D eigenvalue weighted by Crippen LogP contribution is -2.36. The van der Waals surface area contributed by atoms with E-state index >= 15 is 0 Å². The molecular formula is C6H12O5. The number of aliphatic hydroxyl groups is 4. The van der Waals surface area contributed by atoms with Gasteiger partial charge in [-0.2, -0.15) is 0 Å². The molecule has 1 aliphatic rings. The van der Waals surface area contributed by atoms with Gasteiger partial charge in [0.05, 0.1) is 12.7 Å². The van der Waals surface area contributed by atoms with Crippen molar-refractivity contribution in [1.82, 2.24) is 0 Å². The van der Waals surface area contributed by atoms with E-state index in [1.807, 2.05) is 0 Å². The maximum Gasteiger partial charge on any atom is 0.157 e. The van der Waals surface area contributed by atoms with Gasteiger partial charge in [0.2, 0.25) is 0 Å². The molecule has 1 fully saturated rings. The lowest BCUT2D eigenvalue weighted by Gasteiger charge is -2.17. The van der Waals surface area contributed by atoms with Crippen LogP contribution in [0, 0.1) is 0 Å². The second-order valence-corrected chi connectivity index (χ2v) is 2.61. The maximum atomic E-state index is 9.10. The Morgan fingerprint density at radius 3 is 2.45 bits per heavy atom. The van der Waals surface area contributed by atoms with E-state index in [4.69, 9.17) is 25.2 Å². The first-order chi connectivity index (χ1) is 5.15. The van der Waals surface area contributed by atoms with E-state index in [0.29, 0.717) is 0 Å². The predicted molar refractivity (Wildman–Crippen MR) is 34.6 cm³/mol. The Kier molecular flexibility index (Phi) is 2.80. The van der Waals surface area contributed by atoms with Gasteiger partial charge in [-0.3, -0.25) is 0 Å². The van der Waals surface area contributed by atoms with Crippen LogP contribution in [0.5, 0.6) is 0 Å². The van der Waals surface area contributed by atoms with Crippen molar-refractivity contribution in [2.24, 2.45) is 0 Å². The number of hydrogen-bond acceptors (Lipinski definition) is 5. The molecule has 0 spiro atoms. The van der Waals surface area contributed by atoms with Gasteiger partial charge in [-0.05, 0) is 0 Å². The Balaban J connectivity index is 2.45. The number of ether oxygens (including phenoxy) is 1. The van der Waals surface area contributed by atoms with E-state index in [0.717, 1.165) is 0 Å². The van der Waals surface area contributed by atoms with Crippen molar-refractivity contribution in [3.05, 3.63) is 0 Å². The molecule has 0 radical (unpaired) electrons. The van der Waals surface area contributed by atoms with E-state index in [1.165, 1.54) is 0 Å². The summed E-state index contributed by atoms with van der Waals surface area (Å²) in [6.45, 7) is -0.478. The fourth-order valence-corrected chi connectivity index (χ4v) is 1.12. The van der Waals surface area contributed by atoms with Crippen LogP contribution in [0.2, 0.25) is 0 Å². The molecule has 0 bridgehead atoms. The zero-order valence-corrected chi connectivity index (χ0v) is 5.92. The molecule has 5 nitrogen and oxygen atoms in total. The number of hydrogen-bond donors (Lipinski definition) is 4. The Labute approximate surface area is 63.8 Å². The first-order valence-electron chi connectivity index (χ1n) is 3.45. The van der Waals surface area contributed by atoms with Crippen LogP contribution < -0.4 is 0 Å². The molecule has 1 saturated heterocycles. The number of aliphatic hydroxyl groups excluding tert-OH is 4. The summed E-state index contributed by atoms with van der Waals surface area (Å²) in [4.78, 5) is 0.